The maximum atomic E-state index is 9.95. The summed E-state index contributed by atoms with van der Waals surface area (Å²) in [6.07, 6.45) is 0.772. The van der Waals surface area contributed by atoms with Gasteiger partial charge in [0.15, 0.2) is 0 Å². The van der Waals surface area contributed by atoms with Gasteiger partial charge in [-0.2, -0.15) is 0 Å². The molecule has 0 aliphatic rings. The van der Waals surface area contributed by atoms with Gasteiger partial charge >= 0.3 is 0 Å². The van der Waals surface area contributed by atoms with Crippen LogP contribution < -0.4 is 0 Å². The van der Waals surface area contributed by atoms with E-state index in [2.05, 4.69) is 0 Å². The topological polar surface area (TPSA) is 46.5 Å². The summed E-state index contributed by atoms with van der Waals surface area (Å²) in [5.74, 6) is 0. The summed E-state index contributed by atoms with van der Waals surface area (Å²) in [5, 5.41) is 8.81. The van der Waals surface area contributed by atoms with Crippen LogP contribution in [0.4, 0.5) is 0 Å². The van der Waals surface area contributed by atoms with Crippen molar-refractivity contribution >= 4 is 18.2 Å². The molecule has 2 atom stereocenters. The van der Waals surface area contributed by atoms with Gasteiger partial charge in [0.1, 0.15) is 5.44 Å². The van der Waals surface area contributed by atoms with E-state index in [9.17, 15) is 4.79 Å². The standard InChI is InChI=1S/C7H14O3S/c1-3-7(10-5-9)11-6(2)4-8/h5-8H,3-4H2,1-2H3. The van der Waals surface area contributed by atoms with Crippen molar-refractivity contribution in [2.75, 3.05) is 6.61 Å². The third-order valence-corrected chi connectivity index (χ3v) is 2.54. The maximum Gasteiger partial charge on any atom is 0.294 e. The molecule has 0 aliphatic carbocycles. The predicted molar refractivity (Wildman–Crippen MR) is 45.4 cm³/mol. The van der Waals surface area contributed by atoms with Gasteiger partial charge in [-0.1, -0.05) is 13.8 Å². The van der Waals surface area contributed by atoms with Gasteiger partial charge in [0.05, 0.1) is 6.61 Å². The highest BCUT2D eigenvalue weighted by Crippen LogP contribution is 2.20. The van der Waals surface area contributed by atoms with E-state index in [0.29, 0.717) is 6.47 Å². The van der Waals surface area contributed by atoms with Crippen LogP contribution in [0.5, 0.6) is 0 Å². The van der Waals surface area contributed by atoms with Gasteiger partial charge in [0.2, 0.25) is 0 Å². The summed E-state index contributed by atoms with van der Waals surface area (Å²) in [5.41, 5.74) is -0.116. The van der Waals surface area contributed by atoms with Gasteiger partial charge in [-0.15, -0.1) is 11.8 Å². The Morgan fingerprint density at radius 3 is 2.73 bits per heavy atom. The first-order chi connectivity index (χ1) is 5.24. The molecule has 0 aromatic carbocycles. The number of rotatable bonds is 6. The first kappa shape index (κ1) is 10.8. The molecule has 0 bridgehead atoms. The van der Waals surface area contributed by atoms with Crippen LogP contribution in [-0.2, 0) is 9.53 Å². The van der Waals surface area contributed by atoms with Crippen molar-refractivity contribution in [2.45, 2.75) is 31.0 Å². The molecular formula is C7H14O3S. The normalized spacial score (nSPS) is 15.5. The van der Waals surface area contributed by atoms with Crippen molar-refractivity contribution in [3.8, 4) is 0 Å². The predicted octanol–water partition coefficient (Wildman–Crippen LogP) is 1.01. The van der Waals surface area contributed by atoms with Crippen LogP contribution >= 0.6 is 11.8 Å². The van der Waals surface area contributed by atoms with Gasteiger partial charge in [-0.05, 0) is 6.42 Å². The molecule has 11 heavy (non-hydrogen) atoms. The lowest BCUT2D eigenvalue weighted by Gasteiger charge is -2.15. The minimum absolute atomic E-state index is 0.114. The molecule has 0 heterocycles. The zero-order valence-electron chi connectivity index (χ0n) is 6.82. The lowest BCUT2D eigenvalue weighted by atomic mass is 10.5. The second kappa shape index (κ2) is 6.49. The average Bonchev–Trinajstić information content (AvgIpc) is 2.03. The van der Waals surface area contributed by atoms with Crippen molar-refractivity contribution in [2.24, 2.45) is 0 Å². The zero-order valence-corrected chi connectivity index (χ0v) is 7.63. The summed E-state index contributed by atoms with van der Waals surface area (Å²) in [6.45, 7) is 4.39. The Kier molecular flexibility index (Phi) is 6.36. The quantitative estimate of drug-likeness (QED) is 0.487. The van der Waals surface area contributed by atoms with Gasteiger partial charge < -0.3 is 9.84 Å². The number of ether oxygens (including phenoxy) is 1. The molecule has 0 aromatic heterocycles. The van der Waals surface area contributed by atoms with E-state index in [-0.39, 0.29) is 17.3 Å². The van der Waals surface area contributed by atoms with E-state index in [0.717, 1.165) is 6.42 Å². The van der Waals surface area contributed by atoms with Crippen molar-refractivity contribution in [1.82, 2.24) is 0 Å². The number of hydrogen-bond donors (Lipinski definition) is 1. The van der Waals surface area contributed by atoms with Crippen LogP contribution in [0.1, 0.15) is 20.3 Å². The second-order valence-electron chi connectivity index (χ2n) is 2.20. The van der Waals surface area contributed by atoms with E-state index < -0.39 is 0 Å². The SMILES string of the molecule is CCC(OC=O)SC(C)CO. The van der Waals surface area contributed by atoms with E-state index in [1.807, 2.05) is 13.8 Å². The van der Waals surface area contributed by atoms with E-state index in [4.69, 9.17) is 9.84 Å². The molecule has 0 radical (unpaired) electrons. The molecule has 1 N–H and O–H groups in total. The number of carbonyl (C=O) groups is 1. The Hall–Kier alpha value is -0.220. The van der Waals surface area contributed by atoms with Crippen molar-refractivity contribution in [1.29, 1.82) is 0 Å². The molecule has 0 spiro atoms. The first-order valence-corrected chi connectivity index (χ1v) is 4.54. The van der Waals surface area contributed by atoms with Crippen LogP contribution in [0.2, 0.25) is 0 Å². The number of carbonyl (C=O) groups excluding carboxylic acids is 1. The minimum Gasteiger partial charge on any atom is -0.453 e. The zero-order chi connectivity index (χ0) is 8.69. The molecule has 0 aliphatic heterocycles. The molecule has 2 unspecified atom stereocenters. The molecule has 4 heteroatoms. The Morgan fingerprint density at radius 1 is 1.73 bits per heavy atom. The van der Waals surface area contributed by atoms with Crippen LogP contribution in [0.3, 0.4) is 0 Å². The summed E-state index contributed by atoms with van der Waals surface area (Å²) in [6, 6.07) is 0. The highest BCUT2D eigenvalue weighted by Gasteiger charge is 2.11. The number of thioether (sulfide) groups is 1. The molecule has 3 nitrogen and oxygen atoms in total. The lowest BCUT2D eigenvalue weighted by Crippen LogP contribution is -2.13. The molecule has 0 fully saturated rings. The average molecular weight is 178 g/mol. The van der Waals surface area contributed by atoms with Crippen LogP contribution in [0, 0.1) is 0 Å². The fraction of sp³-hybridized carbons (Fsp3) is 0.857. The van der Waals surface area contributed by atoms with E-state index in [1.54, 1.807) is 0 Å². The summed E-state index contributed by atoms with van der Waals surface area (Å²) in [4.78, 5) is 9.95. The molecule has 0 saturated carbocycles. The molecule has 66 valence electrons. The van der Waals surface area contributed by atoms with Gasteiger partial charge in [-0.25, -0.2) is 0 Å². The molecule has 0 rings (SSSR count). The van der Waals surface area contributed by atoms with Gasteiger partial charge in [0.25, 0.3) is 6.47 Å². The lowest BCUT2D eigenvalue weighted by molar-refractivity contribution is -0.130. The third-order valence-electron chi connectivity index (χ3n) is 1.18. The van der Waals surface area contributed by atoms with Crippen LogP contribution in [-0.4, -0.2) is 28.9 Å². The largest absolute Gasteiger partial charge is 0.453 e. The maximum absolute atomic E-state index is 9.95. The smallest absolute Gasteiger partial charge is 0.294 e. The first-order valence-electron chi connectivity index (χ1n) is 3.60. The van der Waals surface area contributed by atoms with Gasteiger partial charge in [-0.3, -0.25) is 4.79 Å². The fourth-order valence-corrected chi connectivity index (χ4v) is 1.49. The number of aliphatic hydroxyl groups is 1. The highest BCUT2D eigenvalue weighted by atomic mass is 32.2. The highest BCUT2D eigenvalue weighted by molar-refractivity contribution is 8.00. The summed E-state index contributed by atoms with van der Waals surface area (Å²) >= 11 is 1.47. The van der Waals surface area contributed by atoms with E-state index in [1.165, 1.54) is 11.8 Å². The molecule has 0 saturated heterocycles. The number of hydrogen-bond acceptors (Lipinski definition) is 4. The molecular weight excluding hydrogens is 164 g/mol. The number of aliphatic hydroxyl groups excluding tert-OH is 1. The molecule has 0 aromatic rings. The molecule has 0 amide bonds. The van der Waals surface area contributed by atoms with Crippen molar-refractivity contribution in [3.05, 3.63) is 0 Å². The van der Waals surface area contributed by atoms with E-state index >= 15 is 0 Å². The summed E-state index contributed by atoms with van der Waals surface area (Å²) in [7, 11) is 0. The van der Waals surface area contributed by atoms with Crippen molar-refractivity contribution < 1.29 is 14.6 Å². The second-order valence-corrected chi connectivity index (χ2v) is 3.80. The Balaban J connectivity index is 3.57. The van der Waals surface area contributed by atoms with Gasteiger partial charge in [0, 0.05) is 5.25 Å². The van der Waals surface area contributed by atoms with Crippen LogP contribution in [0.25, 0.3) is 0 Å². The Bertz CT molecular complexity index is 108. The van der Waals surface area contributed by atoms with Crippen LogP contribution in [0.15, 0.2) is 0 Å². The minimum atomic E-state index is -0.116. The fourth-order valence-electron chi connectivity index (χ4n) is 0.589. The Morgan fingerprint density at radius 2 is 2.36 bits per heavy atom. The Labute approximate surface area is 71.1 Å². The summed E-state index contributed by atoms with van der Waals surface area (Å²) < 4.78 is 4.73. The third kappa shape index (κ3) is 5.09. The van der Waals surface area contributed by atoms with Crippen molar-refractivity contribution in [3.63, 3.8) is 0 Å². The monoisotopic (exact) mass is 178 g/mol.